The first kappa shape index (κ1) is 21.3. The third kappa shape index (κ3) is 6.06. The molecule has 2 amide bonds. The zero-order chi connectivity index (χ0) is 21.7. The molecule has 8 nitrogen and oxygen atoms in total. The van der Waals surface area contributed by atoms with Gasteiger partial charge in [0, 0.05) is 35.9 Å². The van der Waals surface area contributed by atoms with Crippen molar-refractivity contribution in [3.8, 4) is 11.8 Å². The standard InChI is InChI=1S/C19H19F3N4O4/c1-29-18-13(4-5-15(26-18)30-10-19(20,21)22)9-24-16(27)12-6-7-23-14(8-12)25-17(28)11-2-3-11/h4-8,11H,2-3,9-10H2,1H3,(H,24,27)(H,23,25,28). The Hall–Kier alpha value is -3.37. The smallest absolute Gasteiger partial charge is 0.422 e. The Morgan fingerprint density at radius 1 is 1.23 bits per heavy atom. The molecule has 1 fully saturated rings. The van der Waals surface area contributed by atoms with Crippen LogP contribution in [0.2, 0.25) is 0 Å². The van der Waals surface area contributed by atoms with Crippen LogP contribution in [0.5, 0.6) is 11.8 Å². The Kier molecular flexibility index (Phi) is 6.38. The number of alkyl halides is 3. The van der Waals surface area contributed by atoms with Gasteiger partial charge < -0.3 is 20.1 Å². The average molecular weight is 424 g/mol. The summed E-state index contributed by atoms with van der Waals surface area (Å²) in [5.41, 5.74) is 0.731. The van der Waals surface area contributed by atoms with Gasteiger partial charge in [-0.3, -0.25) is 9.59 Å². The monoisotopic (exact) mass is 424 g/mol. The number of anilines is 1. The fraction of sp³-hybridized carbons (Fsp3) is 0.368. The number of pyridine rings is 2. The van der Waals surface area contributed by atoms with Crippen molar-refractivity contribution >= 4 is 17.6 Å². The van der Waals surface area contributed by atoms with Gasteiger partial charge >= 0.3 is 6.18 Å². The average Bonchev–Trinajstić information content (AvgIpc) is 3.56. The summed E-state index contributed by atoms with van der Waals surface area (Å²) in [5, 5.41) is 5.33. The lowest BCUT2D eigenvalue weighted by molar-refractivity contribution is -0.154. The molecule has 2 N–H and O–H groups in total. The lowest BCUT2D eigenvalue weighted by Crippen LogP contribution is -2.24. The summed E-state index contributed by atoms with van der Waals surface area (Å²) in [6, 6.07) is 5.66. The van der Waals surface area contributed by atoms with E-state index in [1.165, 1.54) is 37.6 Å². The molecule has 0 atom stereocenters. The van der Waals surface area contributed by atoms with E-state index >= 15 is 0 Å². The molecule has 0 bridgehead atoms. The molecule has 2 heterocycles. The summed E-state index contributed by atoms with van der Waals surface area (Å²) in [6.07, 6.45) is -1.38. The molecule has 0 saturated heterocycles. The van der Waals surface area contributed by atoms with Crippen molar-refractivity contribution in [3.63, 3.8) is 0 Å². The van der Waals surface area contributed by atoms with Crippen molar-refractivity contribution in [1.29, 1.82) is 0 Å². The number of carbonyl (C=O) groups excluding carboxylic acids is 2. The zero-order valence-corrected chi connectivity index (χ0v) is 16.0. The maximum absolute atomic E-state index is 12.4. The van der Waals surface area contributed by atoms with Crippen LogP contribution in [0.15, 0.2) is 30.5 Å². The molecule has 0 radical (unpaired) electrons. The Labute approximate surface area is 169 Å². The number of rotatable bonds is 8. The summed E-state index contributed by atoms with van der Waals surface area (Å²) < 4.78 is 46.4. The minimum Gasteiger partial charge on any atom is -0.481 e. The Morgan fingerprint density at radius 2 is 2.00 bits per heavy atom. The van der Waals surface area contributed by atoms with Crippen LogP contribution in [-0.4, -0.2) is 41.7 Å². The van der Waals surface area contributed by atoms with Gasteiger partial charge in [-0.2, -0.15) is 18.2 Å². The first-order chi connectivity index (χ1) is 14.2. The van der Waals surface area contributed by atoms with Crippen molar-refractivity contribution in [2.75, 3.05) is 19.0 Å². The molecular formula is C19H19F3N4O4. The number of halogens is 3. The van der Waals surface area contributed by atoms with Crippen molar-refractivity contribution < 1.29 is 32.2 Å². The summed E-state index contributed by atoms with van der Waals surface area (Å²) in [7, 11) is 1.30. The minimum absolute atomic E-state index is 0.00679. The molecule has 0 unspecified atom stereocenters. The van der Waals surface area contributed by atoms with Gasteiger partial charge in [0.2, 0.25) is 17.7 Å². The van der Waals surface area contributed by atoms with Crippen molar-refractivity contribution in [2.45, 2.75) is 25.6 Å². The number of methoxy groups -OCH3 is 1. The van der Waals surface area contributed by atoms with Crippen LogP contribution in [0.1, 0.15) is 28.8 Å². The summed E-state index contributed by atoms with van der Waals surface area (Å²) >= 11 is 0. The van der Waals surface area contributed by atoms with Gasteiger partial charge in [-0.1, -0.05) is 0 Å². The number of nitrogens with zero attached hydrogens (tertiary/aromatic N) is 2. The van der Waals surface area contributed by atoms with E-state index in [1.807, 2.05) is 0 Å². The molecule has 11 heteroatoms. The largest absolute Gasteiger partial charge is 0.481 e. The van der Waals surface area contributed by atoms with Crippen LogP contribution in [0, 0.1) is 5.92 Å². The first-order valence-electron chi connectivity index (χ1n) is 9.04. The van der Waals surface area contributed by atoms with Gasteiger partial charge in [0.15, 0.2) is 6.61 Å². The lowest BCUT2D eigenvalue weighted by Gasteiger charge is -2.12. The molecular weight excluding hydrogens is 405 g/mol. The fourth-order valence-corrected chi connectivity index (χ4v) is 2.49. The van der Waals surface area contributed by atoms with Crippen molar-refractivity contribution in [3.05, 3.63) is 41.6 Å². The highest BCUT2D eigenvalue weighted by Gasteiger charge is 2.30. The Morgan fingerprint density at radius 3 is 2.67 bits per heavy atom. The topological polar surface area (TPSA) is 102 Å². The maximum Gasteiger partial charge on any atom is 0.422 e. The third-order valence-corrected chi connectivity index (χ3v) is 4.15. The highest BCUT2D eigenvalue weighted by atomic mass is 19.4. The molecule has 0 spiro atoms. The molecule has 1 aliphatic rings. The van der Waals surface area contributed by atoms with E-state index in [0.717, 1.165) is 12.8 Å². The summed E-state index contributed by atoms with van der Waals surface area (Å²) in [4.78, 5) is 32.1. The molecule has 1 aliphatic carbocycles. The number of aromatic nitrogens is 2. The quantitative estimate of drug-likeness (QED) is 0.676. The summed E-state index contributed by atoms with van der Waals surface area (Å²) in [6.45, 7) is -1.46. The first-order valence-corrected chi connectivity index (χ1v) is 9.04. The van der Waals surface area contributed by atoms with Gasteiger partial charge in [-0.05, 0) is 31.0 Å². The number of ether oxygens (including phenoxy) is 2. The van der Waals surface area contributed by atoms with E-state index in [2.05, 4.69) is 25.3 Å². The molecule has 30 heavy (non-hydrogen) atoms. The number of hydrogen-bond acceptors (Lipinski definition) is 6. The van der Waals surface area contributed by atoms with Crippen LogP contribution in [-0.2, 0) is 11.3 Å². The number of amides is 2. The van der Waals surface area contributed by atoms with E-state index in [0.29, 0.717) is 5.56 Å². The second kappa shape index (κ2) is 8.97. The van der Waals surface area contributed by atoms with Crippen molar-refractivity contribution in [1.82, 2.24) is 15.3 Å². The van der Waals surface area contributed by atoms with Crippen LogP contribution in [0.25, 0.3) is 0 Å². The van der Waals surface area contributed by atoms with Crippen LogP contribution < -0.4 is 20.1 Å². The SMILES string of the molecule is COc1nc(OCC(F)(F)F)ccc1CNC(=O)c1ccnc(NC(=O)C2CC2)c1. The van der Waals surface area contributed by atoms with Gasteiger partial charge in [-0.25, -0.2) is 4.98 Å². The summed E-state index contributed by atoms with van der Waals surface area (Å²) in [5.74, 6) is -0.480. The Bertz CT molecular complexity index is 932. The predicted molar refractivity (Wildman–Crippen MR) is 99.1 cm³/mol. The number of carbonyl (C=O) groups is 2. The number of hydrogen-bond donors (Lipinski definition) is 2. The second-order valence-corrected chi connectivity index (χ2v) is 6.60. The highest BCUT2D eigenvalue weighted by molar-refractivity contribution is 5.97. The Balaban J connectivity index is 1.60. The van der Waals surface area contributed by atoms with Crippen LogP contribution in [0.4, 0.5) is 19.0 Å². The molecule has 3 rings (SSSR count). The molecule has 1 saturated carbocycles. The molecule has 2 aromatic rings. The molecule has 0 aromatic carbocycles. The molecule has 2 aromatic heterocycles. The van der Waals surface area contributed by atoms with E-state index in [4.69, 9.17) is 4.74 Å². The molecule has 160 valence electrons. The molecule has 0 aliphatic heterocycles. The maximum atomic E-state index is 12.4. The highest BCUT2D eigenvalue weighted by Crippen LogP contribution is 2.30. The van der Waals surface area contributed by atoms with Gasteiger partial charge in [0.05, 0.1) is 7.11 Å². The normalized spacial score (nSPS) is 13.5. The van der Waals surface area contributed by atoms with E-state index < -0.39 is 18.7 Å². The van der Waals surface area contributed by atoms with Gasteiger partial charge in [0.1, 0.15) is 5.82 Å². The van der Waals surface area contributed by atoms with Crippen molar-refractivity contribution in [2.24, 2.45) is 5.92 Å². The minimum atomic E-state index is -4.48. The zero-order valence-electron chi connectivity index (χ0n) is 16.0. The predicted octanol–water partition coefficient (Wildman–Crippen LogP) is 2.70. The van der Waals surface area contributed by atoms with Crippen LogP contribution in [0.3, 0.4) is 0 Å². The second-order valence-electron chi connectivity index (χ2n) is 6.60. The fourth-order valence-electron chi connectivity index (χ4n) is 2.49. The van der Waals surface area contributed by atoms with E-state index in [1.54, 1.807) is 0 Å². The van der Waals surface area contributed by atoms with E-state index in [9.17, 15) is 22.8 Å². The van der Waals surface area contributed by atoms with Gasteiger partial charge in [0.25, 0.3) is 5.91 Å². The number of nitrogens with one attached hydrogen (secondary N) is 2. The van der Waals surface area contributed by atoms with Crippen LogP contribution >= 0.6 is 0 Å². The lowest BCUT2D eigenvalue weighted by atomic mass is 10.2. The van der Waals surface area contributed by atoms with Gasteiger partial charge in [-0.15, -0.1) is 0 Å². The third-order valence-electron chi connectivity index (χ3n) is 4.15. The van der Waals surface area contributed by atoms with E-state index in [-0.39, 0.29) is 41.5 Å².